The van der Waals surface area contributed by atoms with E-state index in [-0.39, 0.29) is 17.1 Å². The number of hydrogen-bond donors (Lipinski definition) is 2. The van der Waals surface area contributed by atoms with Crippen LogP contribution in [0.5, 0.6) is 0 Å². The van der Waals surface area contributed by atoms with E-state index >= 15 is 0 Å². The van der Waals surface area contributed by atoms with Gasteiger partial charge in [-0.05, 0) is 48.6 Å². The summed E-state index contributed by atoms with van der Waals surface area (Å²) in [5, 5.41) is 6.32. The van der Waals surface area contributed by atoms with E-state index in [1.165, 1.54) is 0 Å². The van der Waals surface area contributed by atoms with Crippen molar-refractivity contribution in [3.8, 4) is 0 Å². The molecule has 2 aromatic rings. The standard InChI is InChI=1S/C24H24BrN3O2/c1-14-20(23(30)28-17-8-5-9-26-13-17)21(15-6-4-7-16(25)10-15)22-18(27-14)11-24(2,3)12-19(22)29/h4-10,13,21,27H,11-12H2,1-3H3,(H,28,30). The number of carbonyl (C=O) groups excluding carboxylic acids is 2. The van der Waals surface area contributed by atoms with Crippen LogP contribution < -0.4 is 10.6 Å². The maximum atomic E-state index is 13.4. The molecule has 1 amide bonds. The van der Waals surface area contributed by atoms with Crippen molar-refractivity contribution in [1.29, 1.82) is 0 Å². The molecule has 0 spiro atoms. The lowest BCUT2D eigenvalue weighted by atomic mass is 9.68. The Balaban J connectivity index is 1.82. The topological polar surface area (TPSA) is 71.1 Å². The summed E-state index contributed by atoms with van der Waals surface area (Å²) in [5.41, 5.74) is 4.38. The predicted molar refractivity (Wildman–Crippen MR) is 121 cm³/mol. The molecule has 5 nitrogen and oxygen atoms in total. The maximum absolute atomic E-state index is 13.4. The summed E-state index contributed by atoms with van der Waals surface area (Å²) in [5.74, 6) is -0.556. The lowest BCUT2D eigenvalue weighted by molar-refractivity contribution is -0.118. The number of amides is 1. The van der Waals surface area contributed by atoms with Crippen molar-refractivity contribution in [3.63, 3.8) is 0 Å². The van der Waals surface area contributed by atoms with Crippen molar-refractivity contribution in [2.45, 2.75) is 39.5 Å². The van der Waals surface area contributed by atoms with Gasteiger partial charge in [-0.3, -0.25) is 14.6 Å². The predicted octanol–water partition coefficient (Wildman–Crippen LogP) is 5.09. The van der Waals surface area contributed by atoms with Crippen molar-refractivity contribution in [2.75, 3.05) is 5.32 Å². The summed E-state index contributed by atoms with van der Waals surface area (Å²) >= 11 is 3.53. The first-order chi connectivity index (χ1) is 14.2. The summed E-state index contributed by atoms with van der Waals surface area (Å²) in [7, 11) is 0. The van der Waals surface area contributed by atoms with Crippen molar-refractivity contribution in [1.82, 2.24) is 10.3 Å². The van der Waals surface area contributed by atoms with Crippen LogP contribution in [0.25, 0.3) is 0 Å². The average Bonchev–Trinajstić information content (AvgIpc) is 2.66. The van der Waals surface area contributed by atoms with Crippen LogP contribution in [0.3, 0.4) is 0 Å². The van der Waals surface area contributed by atoms with Crippen molar-refractivity contribution < 1.29 is 9.59 Å². The number of halogens is 1. The average molecular weight is 466 g/mol. The monoisotopic (exact) mass is 465 g/mol. The number of ketones is 1. The van der Waals surface area contributed by atoms with Crippen molar-refractivity contribution >= 4 is 33.3 Å². The molecule has 1 unspecified atom stereocenters. The number of pyridine rings is 1. The minimum atomic E-state index is -0.418. The largest absolute Gasteiger partial charge is 0.362 e. The number of nitrogens with zero attached hydrogens (tertiary/aromatic N) is 1. The van der Waals surface area contributed by atoms with E-state index in [1.807, 2.05) is 31.2 Å². The Hall–Kier alpha value is -2.73. The Morgan fingerprint density at radius 3 is 2.73 bits per heavy atom. The van der Waals surface area contributed by atoms with Gasteiger partial charge in [0.1, 0.15) is 0 Å². The van der Waals surface area contributed by atoms with E-state index in [1.54, 1.807) is 24.5 Å². The van der Waals surface area contributed by atoms with Gasteiger partial charge in [-0.15, -0.1) is 0 Å². The number of hydrogen-bond acceptors (Lipinski definition) is 4. The fourth-order valence-electron chi connectivity index (χ4n) is 4.39. The third kappa shape index (κ3) is 3.97. The molecule has 0 radical (unpaired) electrons. The van der Waals surface area contributed by atoms with Gasteiger partial charge in [0, 0.05) is 45.5 Å². The molecule has 1 aromatic heterocycles. The van der Waals surface area contributed by atoms with Gasteiger partial charge in [-0.2, -0.15) is 0 Å². The third-order valence-electron chi connectivity index (χ3n) is 5.59. The van der Waals surface area contributed by atoms with Crippen LogP contribution in [-0.2, 0) is 9.59 Å². The minimum absolute atomic E-state index is 0.0953. The summed E-state index contributed by atoms with van der Waals surface area (Å²) in [6, 6.07) is 11.4. The molecule has 0 saturated carbocycles. The number of aromatic nitrogens is 1. The van der Waals surface area contributed by atoms with Crippen LogP contribution in [0.1, 0.15) is 45.1 Å². The highest BCUT2D eigenvalue weighted by atomic mass is 79.9. The van der Waals surface area contributed by atoms with Crippen LogP contribution in [0.4, 0.5) is 5.69 Å². The van der Waals surface area contributed by atoms with Gasteiger partial charge in [-0.25, -0.2) is 0 Å². The van der Waals surface area contributed by atoms with E-state index < -0.39 is 5.92 Å². The lowest BCUT2D eigenvalue weighted by Gasteiger charge is -2.39. The normalized spacial score (nSPS) is 20.5. The number of rotatable bonds is 3. The van der Waals surface area contributed by atoms with Gasteiger partial charge >= 0.3 is 0 Å². The molecule has 0 bridgehead atoms. The molecule has 1 atom stereocenters. The molecular weight excluding hydrogens is 442 g/mol. The zero-order valence-corrected chi connectivity index (χ0v) is 18.8. The number of benzene rings is 1. The molecular formula is C24H24BrN3O2. The van der Waals surface area contributed by atoms with Gasteiger partial charge in [0.05, 0.1) is 11.9 Å². The number of carbonyl (C=O) groups is 2. The third-order valence-corrected chi connectivity index (χ3v) is 6.08. The lowest BCUT2D eigenvalue weighted by Crippen LogP contribution is -2.39. The number of anilines is 1. The van der Waals surface area contributed by atoms with E-state index in [4.69, 9.17) is 0 Å². The summed E-state index contributed by atoms with van der Waals surface area (Å²) in [6.07, 6.45) is 4.51. The Kier molecular flexibility index (Phi) is 5.36. The Morgan fingerprint density at radius 2 is 2.03 bits per heavy atom. The second kappa shape index (κ2) is 7.84. The van der Waals surface area contributed by atoms with E-state index in [2.05, 4.69) is 45.4 Å². The Bertz CT molecular complexity index is 1090. The second-order valence-electron chi connectivity index (χ2n) is 8.68. The van der Waals surface area contributed by atoms with Gasteiger partial charge in [0.15, 0.2) is 5.78 Å². The second-order valence-corrected chi connectivity index (χ2v) is 9.60. The molecule has 6 heteroatoms. The SMILES string of the molecule is CC1=C(C(=O)Nc2cccnc2)C(c2cccc(Br)c2)C2=C(CC(C)(C)CC2=O)N1. The summed E-state index contributed by atoms with van der Waals surface area (Å²) in [6.45, 7) is 6.11. The van der Waals surface area contributed by atoms with Crippen LogP contribution in [0, 0.1) is 5.41 Å². The number of dihydropyridines is 1. The molecule has 0 saturated heterocycles. The van der Waals surface area contributed by atoms with Gasteiger partial charge in [0.25, 0.3) is 5.91 Å². The first-order valence-corrected chi connectivity index (χ1v) is 10.8. The molecule has 0 fully saturated rings. The zero-order valence-electron chi connectivity index (χ0n) is 17.3. The fourth-order valence-corrected chi connectivity index (χ4v) is 4.81. The first kappa shape index (κ1) is 20.5. The molecule has 2 aliphatic rings. The van der Waals surface area contributed by atoms with Gasteiger partial charge < -0.3 is 10.6 Å². The maximum Gasteiger partial charge on any atom is 0.254 e. The Labute approximate surface area is 184 Å². The number of nitrogens with one attached hydrogen (secondary N) is 2. The van der Waals surface area contributed by atoms with Crippen LogP contribution in [0.2, 0.25) is 0 Å². The highest BCUT2D eigenvalue weighted by Crippen LogP contribution is 2.47. The van der Waals surface area contributed by atoms with E-state index in [9.17, 15) is 9.59 Å². The van der Waals surface area contributed by atoms with Crippen LogP contribution >= 0.6 is 15.9 Å². The first-order valence-electron chi connectivity index (χ1n) is 9.96. The summed E-state index contributed by atoms with van der Waals surface area (Å²) in [4.78, 5) is 30.7. The van der Waals surface area contributed by atoms with Crippen LogP contribution in [-0.4, -0.2) is 16.7 Å². The van der Waals surface area contributed by atoms with E-state index in [0.29, 0.717) is 23.3 Å². The number of Topliss-reactive ketones (excluding diaryl/α,β-unsaturated/α-hetero) is 1. The molecule has 1 aliphatic carbocycles. The fraction of sp³-hybridized carbons (Fsp3) is 0.292. The van der Waals surface area contributed by atoms with Gasteiger partial charge in [0.2, 0.25) is 0 Å². The molecule has 30 heavy (non-hydrogen) atoms. The smallest absolute Gasteiger partial charge is 0.254 e. The highest BCUT2D eigenvalue weighted by molar-refractivity contribution is 9.10. The van der Waals surface area contributed by atoms with Crippen molar-refractivity contribution in [3.05, 3.63) is 81.4 Å². The minimum Gasteiger partial charge on any atom is -0.362 e. The van der Waals surface area contributed by atoms with Crippen molar-refractivity contribution in [2.24, 2.45) is 5.41 Å². The number of allylic oxidation sites excluding steroid dienone is 3. The Morgan fingerprint density at radius 1 is 1.23 bits per heavy atom. The molecule has 4 rings (SSSR count). The molecule has 1 aliphatic heterocycles. The highest BCUT2D eigenvalue weighted by Gasteiger charge is 2.42. The van der Waals surface area contributed by atoms with Gasteiger partial charge in [-0.1, -0.05) is 41.9 Å². The summed E-state index contributed by atoms with van der Waals surface area (Å²) < 4.78 is 0.911. The molecule has 2 N–H and O–H groups in total. The van der Waals surface area contributed by atoms with E-state index in [0.717, 1.165) is 27.9 Å². The zero-order chi connectivity index (χ0) is 21.5. The molecule has 154 valence electrons. The molecule has 2 heterocycles. The van der Waals surface area contributed by atoms with Crippen LogP contribution in [0.15, 0.2) is 75.8 Å². The molecule has 1 aromatic carbocycles. The quantitative estimate of drug-likeness (QED) is 0.662.